The monoisotopic (exact) mass is 255 g/mol. The molecule has 2 rings (SSSR count). The van der Waals surface area contributed by atoms with Crippen LogP contribution in [0.15, 0.2) is 22.9 Å². The molecule has 0 aromatic carbocycles. The Morgan fingerprint density at radius 3 is 2.86 bits per heavy atom. The van der Waals surface area contributed by atoms with Crippen molar-refractivity contribution < 1.29 is 5.11 Å². The number of rotatable bonds is 3. The second kappa shape index (κ2) is 3.63. The lowest BCUT2D eigenvalue weighted by Crippen LogP contribution is -2.21. The normalized spacial score (nSPS) is 20.5. The van der Waals surface area contributed by atoms with Crippen LogP contribution in [0.3, 0.4) is 0 Å². The molecule has 1 saturated carbocycles. The van der Waals surface area contributed by atoms with Crippen LogP contribution in [-0.2, 0) is 6.42 Å². The smallest absolute Gasteiger partial charge is 0.0634 e. The van der Waals surface area contributed by atoms with E-state index in [0.29, 0.717) is 6.42 Å². The van der Waals surface area contributed by atoms with E-state index in [4.69, 9.17) is 0 Å². The van der Waals surface area contributed by atoms with Crippen LogP contribution >= 0.6 is 15.9 Å². The topological polar surface area (TPSA) is 33.1 Å². The van der Waals surface area contributed by atoms with Gasteiger partial charge in [-0.2, -0.15) is 0 Å². The third-order valence-corrected chi connectivity index (χ3v) is 3.47. The molecule has 0 bridgehead atoms. The standard InChI is InChI=1S/C11H14BrNO/c1-11(2-3-11)10(14)5-8-4-9(12)7-13-6-8/h4,6-7,10,14H,2-3,5H2,1H3. The fourth-order valence-electron chi connectivity index (χ4n) is 1.57. The highest BCUT2D eigenvalue weighted by Gasteiger charge is 2.43. The zero-order chi connectivity index (χ0) is 10.2. The number of pyridine rings is 1. The van der Waals surface area contributed by atoms with Gasteiger partial charge in [0.05, 0.1) is 6.10 Å². The van der Waals surface area contributed by atoms with E-state index in [1.807, 2.05) is 12.3 Å². The first-order valence-corrected chi connectivity index (χ1v) is 5.67. The largest absolute Gasteiger partial charge is 0.392 e. The maximum Gasteiger partial charge on any atom is 0.0634 e. The minimum Gasteiger partial charge on any atom is -0.392 e. The average Bonchev–Trinajstić information content (AvgIpc) is 2.85. The second-order valence-electron chi connectivity index (χ2n) is 4.39. The van der Waals surface area contributed by atoms with Gasteiger partial charge >= 0.3 is 0 Å². The van der Waals surface area contributed by atoms with Crippen LogP contribution in [0, 0.1) is 5.41 Å². The molecule has 1 aromatic rings. The molecule has 1 atom stereocenters. The molecule has 1 fully saturated rings. The van der Waals surface area contributed by atoms with Crippen molar-refractivity contribution in [2.45, 2.75) is 32.3 Å². The molecule has 1 N–H and O–H groups in total. The van der Waals surface area contributed by atoms with E-state index in [9.17, 15) is 5.11 Å². The first-order valence-electron chi connectivity index (χ1n) is 4.88. The third-order valence-electron chi connectivity index (χ3n) is 3.03. The molecule has 2 nitrogen and oxygen atoms in total. The second-order valence-corrected chi connectivity index (χ2v) is 5.30. The summed E-state index contributed by atoms with van der Waals surface area (Å²) in [5.74, 6) is 0. The van der Waals surface area contributed by atoms with Gasteiger partial charge in [-0.25, -0.2) is 0 Å². The van der Waals surface area contributed by atoms with E-state index in [0.717, 1.165) is 22.9 Å². The summed E-state index contributed by atoms with van der Waals surface area (Å²) >= 11 is 3.37. The van der Waals surface area contributed by atoms with Crippen LogP contribution in [0.25, 0.3) is 0 Å². The molecule has 1 aliphatic carbocycles. The first kappa shape index (κ1) is 10.1. The maximum atomic E-state index is 9.95. The Morgan fingerprint density at radius 2 is 2.29 bits per heavy atom. The van der Waals surface area contributed by atoms with Gasteiger partial charge in [-0.15, -0.1) is 0 Å². The Kier molecular flexibility index (Phi) is 2.62. The molecule has 1 unspecified atom stereocenters. The Balaban J connectivity index is 2.03. The molecular weight excluding hydrogens is 242 g/mol. The van der Waals surface area contributed by atoms with Crippen molar-refractivity contribution in [3.05, 3.63) is 28.5 Å². The Hall–Kier alpha value is -0.410. The van der Waals surface area contributed by atoms with Crippen molar-refractivity contribution >= 4 is 15.9 Å². The van der Waals surface area contributed by atoms with Crippen LogP contribution in [0.1, 0.15) is 25.3 Å². The predicted molar refractivity (Wildman–Crippen MR) is 59.0 cm³/mol. The summed E-state index contributed by atoms with van der Waals surface area (Å²) in [5.41, 5.74) is 1.27. The van der Waals surface area contributed by atoms with Gasteiger partial charge in [-0.1, -0.05) is 6.92 Å². The van der Waals surface area contributed by atoms with E-state index in [1.54, 1.807) is 6.20 Å². The summed E-state index contributed by atoms with van der Waals surface area (Å²) in [6.07, 6.45) is 6.36. The lowest BCUT2D eigenvalue weighted by Gasteiger charge is -2.17. The highest BCUT2D eigenvalue weighted by Crippen LogP contribution is 2.48. The number of hydrogen-bond donors (Lipinski definition) is 1. The van der Waals surface area contributed by atoms with E-state index in [1.165, 1.54) is 0 Å². The molecule has 1 heterocycles. The molecule has 3 heteroatoms. The molecule has 1 aromatic heterocycles. The lowest BCUT2D eigenvalue weighted by atomic mass is 9.96. The van der Waals surface area contributed by atoms with Crippen molar-refractivity contribution in [2.75, 3.05) is 0 Å². The molecular formula is C11H14BrNO. The summed E-state index contributed by atoms with van der Waals surface area (Å²) in [6, 6.07) is 2.02. The molecule has 14 heavy (non-hydrogen) atoms. The van der Waals surface area contributed by atoms with Crippen molar-refractivity contribution in [1.29, 1.82) is 0 Å². The van der Waals surface area contributed by atoms with Gasteiger partial charge in [0.2, 0.25) is 0 Å². The van der Waals surface area contributed by atoms with Gasteiger partial charge in [-0.05, 0) is 45.8 Å². The summed E-state index contributed by atoms with van der Waals surface area (Å²) in [4.78, 5) is 4.08. The third kappa shape index (κ3) is 2.15. The summed E-state index contributed by atoms with van der Waals surface area (Å²) in [6.45, 7) is 2.14. The zero-order valence-corrected chi connectivity index (χ0v) is 9.79. The minimum absolute atomic E-state index is 0.169. The highest BCUT2D eigenvalue weighted by atomic mass is 79.9. The summed E-state index contributed by atoms with van der Waals surface area (Å²) in [7, 11) is 0. The maximum absolute atomic E-state index is 9.95. The van der Waals surface area contributed by atoms with Crippen LogP contribution in [0.2, 0.25) is 0 Å². The van der Waals surface area contributed by atoms with Gasteiger partial charge in [-0.3, -0.25) is 4.98 Å². The first-order chi connectivity index (χ1) is 6.60. The van der Waals surface area contributed by atoms with Crippen molar-refractivity contribution in [3.63, 3.8) is 0 Å². The summed E-state index contributed by atoms with van der Waals surface area (Å²) in [5, 5.41) is 9.95. The minimum atomic E-state index is -0.224. The summed E-state index contributed by atoms with van der Waals surface area (Å²) < 4.78 is 0.975. The fraction of sp³-hybridized carbons (Fsp3) is 0.545. The quantitative estimate of drug-likeness (QED) is 0.901. The molecule has 0 saturated heterocycles. The van der Waals surface area contributed by atoms with Crippen LogP contribution in [-0.4, -0.2) is 16.2 Å². The van der Waals surface area contributed by atoms with Crippen molar-refractivity contribution in [1.82, 2.24) is 4.98 Å². The van der Waals surface area contributed by atoms with Gasteiger partial charge in [0.1, 0.15) is 0 Å². The number of aliphatic hydroxyl groups is 1. The molecule has 0 spiro atoms. The lowest BCUT2D eigenvalue weighted by molar-refractivity contribution is 0.103. The van der Waals surface area contributed by atoms with Crippen LogP contribution in [0.4, 0.5) is 0 Å². The number of hydrogen-bond acceptors (Lipinski definition) is 2. The van der Waals surface area contributed by atoms with E-state index < -0.39 is 0 Å². The van der Waals surface area contributed by atoms with Crippen molar-refractivity contribution in [3.8, 4) is 0 Å². The number of aromatic nitrogens is 1. The fourth-order valence-corrected chi connectivity index (χ4v) is 1.98. The number of aliphatic hydroxyl groups excluding tert-OH is 1. The molecule has 76 valence electrons. The molecule has 1 aliphatic rings. The van der Waals surface area contributed by atoms with Gasteiger partial charge < -0.3 is 5.11 Å². The van der Waals surface area contributed by atoms with E-state index in [-0.39, 0.29) is 11.5 Å². The highest BCUT2D eigenvalue weighted by molar-refractivity contribution is 9.10. The average molecular weight is 256 g/mol. The van der Waals surface area contributed by atoms with Gasteiger partial charge in [0.15, 0.2) is 0 Å². The number of halogens is 1. The number of nitrogens with zero attached hydrogens (tertiary/aromatic N) is 1. The molecule has 0 radical (unpaired) electrons. The molecule has 0 aliphatic heterocycles. The van der Waals surface area contributed by atoms with E-state index >= 15 is 0 Å². The Morgan fingerprint density at radius 1 is 1.57 bits per heavy atom. The SMILES string of the molecule is CC1(C(O)Cc2cncc(Br)c2)CC1. The van der Waals surface area contributed by atoms with Gasteiger partial charge in [0.25, 0.3) is 0 Å². The van der Waals surface area contributed by atoms with E-state index in [2.05, 4.69) is 27.8 Å². The Bertz CT molecular complexity index is 336. The van der Waals surface area contributed by atoms with Crippen LogP contribution in [0.5, 0.6) is 0 Å². The van der Waals surface area contributed by atoms with Crippen molar-refractivity contribution in [2.24, 2.45) is 5.41 Å². The van der Waals surface area contributed by atoms with Crippen LogP contribution < -0.4 is 0 Å². The predicted octanol–water partition coefficient (Wildman–Crippen LogP) is 2.55. The van der Waals surface area contributed by atoms with Gasteiger partial charge in [0, 0.05) is 23.3 Å². The Labute approximate surface area is 92.5 Å². The zero-order valence-electron chi connectivity index (χ0n) is 8.20. The molecule has 0 amide bonds.